The van der Waals surface area contributed by atoms with Gasteiger partial charge in [-0.25, -0.2) is 8.78 Å². The molecule has 0 heterocycles. The maximum Gasteiger partial charge on any atom is 0.162 e. The molecule has 3 heteroatoms. The molecule has 1 N–H and O–H groups in total. The lowest BCUT2D eigenvalue weighted by atomic mass is 9.88. The molecule has 0 bridgehead atoms. The fraction of sp³-hybridized carbons (Fsp3) is 0.571. The second kappa shape index (κ2) is 5.13. The topological polar surface area (TPSA) is 12.0 Å². The van der Waals surface area contributed by atoms with Crippen LogP contribution in [0.2, 0.25) is 0 Å². The summed E-state index contributed by atoms with van der Waals surface area (Å²) in [7, 11) is 1.90. The summed E-state index contributed by atoms with van der Waals surface area (Å²) in [5.74, 6) is -0.732. The fourth-order valence-corrected chi connectivity index (χ4v) is 2.90. The van der Waals surface area contributed by atoms with Crippen molar-refractivity contribution in [2.45, 2.75) is 32.1 Å². The number of nitrogens with one attached hydrogen (secondary N) is 1. The lowest BCUT2D eigenvalue weighted by Gasteiger charge is -2.20. The molecule has 1 saturated carbocycles. The fourth-order valence-electron chi connectivity index (χ4n) is 2.90. The third kappa shape index (κ3) is 2.34. The molecule has 1 nitrogen and oxygen atoms in total. The summed E-state index contributed by atoms with van der Waals surface area (Å²) in [6.45, 7) is 2.47. The van der Waals surface area contributed by atoms with Crippen LogP contribution >= 0.6 is 0 Å². The second-order valence-corrected chi connectivity index (χ2v) is 4.95. The molecule has 2 unspecified atom stereocenters. The minimum atomic E-state index is -0.683. The van der Waals surface area contributed by atoms with Crippen LogP contribution in [0.15, 0.2) is 12.1 Å². The maximum absolute atomic E-state index is 13.9. The van der Waals surface area contributed by atoms with Crippen molar-refractivity contribution in [1.82, 2.24) is 5.32 Å². The Morgan fingerprint density at radius 3 is 2.71 bits per heavy atom. The maximum atomic E-state index is 13.9. The summed E-state index contributed by atoms with van der Waals surface area (Å²) < 4.78 is 27.5. The summed E-state index contributed by atoms with van der Waals surface area (Å²) in [5, 5.41) is 3.14. The number of benzene rings is 1. The molecular formula is C14H19F2N. The van der Waals surface area contributed by atoms with E-state index in [-0.39, 0.29) is 5.92 Å². The molecule has 0 amide bonds. The van der Waals surface area contributed by atoms with Crippen molar-refractivity contribution in [2.75, 3.05) is 13.6 Å². The monoisotopic (exact) mass is 239 g/mol. The van der Waals surface area contributed by atoms with Crippen LogP contribution in [0.25, 0.3) is 0 Å². The van der Waals surface area contributed by atoms with Gasteiger partial charge in [0.2, 0.25) is 0 Å². The lowest BCUT2D eigenvalue weighted by Crippen LogP contribution is -2.21. The van der Waals surface area contributed by atoms with Gasteiger partial charge in [0.05, 0.1) is 0 Å². The van der Waals surface area contributed by atoms with Gasteiger partial charge in [-0.3, -0.25) is 0 Å². The lowest BCUT2D eigenvalue weighted by molar-refractivity contribution is 0.430. The molecule has 1 aromatic carbocycles. The van der Waals surface area contributed by atoms with E-state index in [1.165, 1.54) is 0 Å². The van der Waals surface area contributed by atoms with Crippen molar-refractivity contribution < 1.29 is 8.78 Å². The average Bonchev–Trinajstić information content (AvgIpc) is 2.75. The Labute approximate surface area is 101 Å². The summed E-state index contributed by atoms with van der Waals surface area (Å²) in [6.07, 6.45) is 3.16. The Bertz CT molecular complexity index is 403. The molecule has 0 saturated heterocycles. The van der Waals surface area contributed by atoms with E-state index in [9.17, 15) is 8.78 Å². The van der Waals surface area contributed by atoms with E-state index >= 15 is 0 Å². The highest BCUT2D eigenvalue weighted by molar-refractivity contribution is 5.29. The normalized spacial score (nSPS) is 24.2. The molecule has 1 aliphatic carbocycles. The van der Waals surface area contributed by atoms with E-state index in [1.54, 1.807) is 19.1 Å². The van der Waals surface area contributed by atoms with Crippen LogP contribution in [0.4, 0.5) is 8.78 Å². The van der Waals surface area contributed by atoms with E-state index in [0.29, 0.717) is 17.0 Å². The SMILES string of the molecule is CNCC1CCCC1c1ccc(C)c(F)c1F. The largest absolute Gasteiger partial charge is 0.319 e. The Hall–Kier alpha value is -0.960. The van der Waals surface area contributed by atoms with Gasteiger partial charge in [-0.2, -0.15) is 0 Å². The molecule has 1 aromatic rings. The molecule has 94 valence electrons. The molecule has 0 aliphatic heterocycles. The van der Waals surface area contributed by atoms with E-state index < -0.39 is 11.6 Å². The highest BCUT2D eigenvalue weighted by Gasteiger charge is 2.30. The zero-order valence-corrected chi connectivity index (χ0v) is 10.4. The van der Waals surface area contributed by atoms with Crippen molar-refractivity contribution in [3.05, 3.63) is 34.9 Å². The number of rotatable bonds is 3. The van der Waals surface area contributed by atoms with Gasteiger partial charge in [0.25, 0.3) is 0 Å². The Balaban J connectivity index is 2.30. The standard InChI is InChI=1S/C14H19F2N/c1-9-6-7-12(14(16)13(9)15)11-5-3-4-10(11)8-17-2/h6-7,10-11,17H,3-5,8H2,1-2H3. The summed E-state index contributed by atoms with van der Waals surface area (Å²) >= 11 is 0. The second-order valence-electron chi connectivity index (χ2n) is 4.95. The van der Waals surface area contributed by atoms with Gasteiger partial charge in [-0.1, -0.05) is 18.6 Å². The summed E-state index contributed by atoms with van der Waals surface area (Å²) in [6, 6.07) is 3.44. The minimum absolute atomic E-state index is 0.164. The van der Waals surface area contributed by atoms with E-state index in [4.69, 9.17) is 0 Å². The Morgan fingerprint density at radius 1 is 1.24 bits per heavy atom. The number of hydrogen-bond acceptors (Lipinski definition) is 1. The van der Waals surface area contributed by atoms with Gasteiger partial charge in [-0.15, -0.1) is 0 Å². The zero-order valence-electron chi connectivity index (χ0n) is 10.4. The van der Waals surface area contributed by atoms with Gasteiger partial charge in [0.1, 0.15) is 0 Å². The number of aryl methyl sites for hydroxylation is 1. The number of hydrogen-bond donors (Lipinski definition) is 1. The molecule has 2 rings (SSSR count). The van der Waals surface area contributed by atoms with Gasteiger partial charge in [0.15, 0.2) is 11.6 Å². The van der Waals surface area contributed by atoms with E-state index in [1.807, 2.05) is 7.05 Å². The van der Waals surface area contributed by atoms with Crippen LogP contribution < -0.4 is 5.32 Å². The summed E-state index contributed by atoms with van der Waals surface area (Å²) in [5.41, 5.74) is 0.945. The zero-order chi connectivity index (χ0) is 12.4. The van der Waals surface area contributed by atoms with Crippen LogP contribution in [0.1, 0.15) is 36.3 Å². The Morgan fingerprint density at radius 2 is 2.00 bits per heavy atom. The highest BCUT2D eigenvalue weighted by Crippen LogP contribution is 2.40. The average molecular weight is 239 g/mol. The van der Waals surface area contributed by atoms with Crippen molar-refractivity contribution in [3.63, 3.8) is 0 Å². The van der Waals surface area contributed by atoms with Crippen molar-refractivity contribution in [1.29, 1.82) is 0 Å². The minimum Gasteiger partial charge on any atom is -0.319 e. The van der Waals surface area contributed by atoms with Gasteiger partial charge in [-0.05, 0) is 56.3 Å². The molecule has 2 atom stereocenters. The number of halogens is 2. The van der Waals surface area contributed by atoms with Crippen LogP contribution in [-0.4, -0.2) is 13.6 Å². The molecule has 1 aliphatic rings. The third-order valence-electron chi connectivity index (χ3n) is 3.83. The molecular weight excluding hydrogens is 220 g/mol. The van der Waals surface area contributed by atoms with Crippen molar-refractivity contribution >= 4 is 0 Å². The highest BCUT2D eigenvalue weighted by atomic mass is 19.2. The van der Waals surface area contributed by atoms with Crippen LogP contribution in [-0.2, 0) is 0 Å². The molecule has 17 heavy (non-hydrogen) atoms. The smallest absolute Gasteiger partial charge is 0.162 e. The van der Waals surface area contributed by atoms with Gasteiger partial charge < -0.3 is 5.32 Å². The van der Waals surface area contributed by atoms with Gasteiger partial charge in [0, 0.05) is 0 Å². The predicted octanol–water partition coefficient (Wildman–Crippen LogP) is 3.38. The third-order valence-corrected chi connectivity index (χ3v) is 3.83. The van der Waals surface area contributed by atoms with Crippen molar-refractivity contribution in [2.24, 2.45) is 5.92 Å². The molecule has 1 fully saturated rings. The van der Waals surface area contributed by atoms with Crippen molar-refractivity contribution in [3.8, 4) is 0 Å². The van der Waals surface area contributed by atoms with Gasteiger partial charge >= 0.3 is 0 Å². The first kappa shape index (κ1) is 12.5. The Kier molecular flexibility index (Phi) is 3.77. The van der Waals surface area contributed by atoms with E-state index in [2.05, 4.69) is 5.32 Å². The first-order chi connectivity index (χ1) is 8.15. The first-order valence-electron chi connectivity index (χ1n) is 6.24. The molecule has 0 spiro atoms. The van der Waals surface area contributed by atoms with Crippen LogP contribution in [0.5, 0.6) is 0 Å². The van der Waals surface area contributed by atoms with E-state index in [0.717, 1.165) is 25.8 Å². The van der Waals surface area contributed by atoms with Crippen LogP contribution in [0, 0.1) is 24.5 Å². The quantitative estimate of drug-likeness (QED) is 0.852. The summed E-state index contributed by atoms with van der Waals surface area (Å²) in [4.78, 5) is 0. The first-order valence-corrected chi connectivity index (χ1v) is 6.24. The molecule has 0 aromatic heterocycles. The predicted molar refractivity (Wildman–Crippen MR) is 65.1 cm³/mol. The van der Waals surface area contributed by atoms with Crippen LogP contribution in [0.3, 0.4) is 0 Å². The molecule has 0 radical (unpaired) electrons.